The summed E-state index contributed by atoms with van der Waals surface area (Å²) in [6.07, 6.45) is 1.66. The maximum Gasteiger partial charge on any atom is 0.122 e. The summed E-state index contributed by atoms with van der Waals surface area (Å²) in [5, 5.41) is 9.27. The molecule has 1 unspecified atom stereocenters. The molecule has 0 aromatic heterocycles. The van der Waals surface area contributed by atoms with Crippen LogP contribution in [0.1, 0.15) is 30.4 Å². The molecule has 0 radical (unpaired) electrons. The predicted octanol–water partition coefficient (Wildman–Crippen LogP) is 4.33. The van der Waals surface area contributed by atoms with E-state index in [4.69, 9.17) is 4.74 Å². The van der Waals surface area contributed by atoms with E-state index in [2.05, 4.69) is 19.1 Å². The molecule has 20 heavy (non-hydrogen) atoms. The van der Waals surface area contributed by atoms with E-state index in [0.29, 0.717) is 13.0 Å². The molecular formula is C18H19NO. The van der Waals surface area contributed by atoms with Gasteiger partial charge in [0.1, 0.15) is 5.75 Å². The van der Waals surface area contributed by atoms with E-state index in [-0.39, 0.29) is 5.92 Å². The van der Waals surface area contributed by atoms with Crippen molar-refractivity contribution in [3.8, 4) is 11.8 Å². The maximum absolute atomic E-state index is 9.27. The SMILES string of the molecule is CCc1ccccc1OCCC(C#N)c1ccccc1. The molecule has 0 saturated carbocycles. The first-order valence-electron chi connectivity index (χ1n) is 7.00. The second-order valence-electron chi connectivity index (χ2n) is 4.69. The van der Waals surface area contributed by atoms with Crippen molar-refractivity contribution in [2.24, 2.45) is 0 Å². The van der Waals surface area contributed by atoms with Crippen LogP contribution in [0.4, 0.5) is 0 Å². The van der Waals surface area contributed by atoms with Crippen molar-refractivity contribution in [1.82, 2.24) is 0 Å². The molecule has 0 amide bonds. The second-order valence-corrected chi connectivity index (χ2v) is 4.69. The average Bonchev–Trinajstić information content (AvgIpc) is 2.53. The van der Waals surface area contributed by atoms with E-state index in [1.54, 1.807) is 0 Å². The van der Waals surface area contributed by atoms with Gasteiger partial charge in [0.25, 0.3) is 0 Å². The molecule has 2 aromatic rings. The van der Waals surface area contributed by atoms with Crippen molar-refractivity contribution in [3.05, 3.63) is 65.7 Å². The maximum atomic E-state index is 9.27. The lowest BCUT2D eigenvalue weighted by atomic mass is 9.98. The van der Waals surface area contributed by atoms with Crippen LogP contribution in [0.15, 0.2) is 54.6 Å². The number of hydrogen-bond donors (Lipinski definition) is 0. The minimum absolute atomic E-state index is 0.106. The topological polar surface area (TPSA) is 33.0 Å². The van der Waals surface area contributed by atoms with Crippen LogP contribution >= 0.6 is 0 Å². The fourth-order valence-corrected chi connectivity index (χ4v) is 2.21. The molecule has 0 N–H and O–H groups in total. The summed E-state index contributed by atoms with van der Waals surface area (Å²) < 4.78 is 5.83. The summed E-state index contributed by atoms with van der Waals surface area (Å²) in [5.41, 5.74) is 2.27. The van der Waals surface area contributed by atoms with Crippen LogP contribution < -0.4 is 4.74 Å². The Bertz CT molecular complexity index is 571. The van der Waals surface area contributed by atoms with E-state index in [9.17, 15) is 5.26 Å². The summed E-state index contributed by atoms with van der Waals surface area (Å²) in [5.74, 6) is 0.824. The summed E-state index contributed by atoms with van der Waals surface area (Å²) in [6, 6.07) is 20.3. The third kappa shape index (κ3) is 3.61. The molecule has 0 heterocycles. The first kappa shape index (κ1) is 14.1. The third-order valence-electron chi connectivity index (χ3n) is 3.38. The number of ether oxygens (including phenoxy) is 1. The van der Waals surface area contributed by atoms with Gasteiger partial charge < -0.3 is 4.74 Å². The zero-order valence-corrected chi connectivity index (χ0v) is 11.8. The zero-order valence-electron chi connectivity index (χ0n) is 11.8. The van der Waals surface area contributed by atoms with Crippen LogP contribution in [0.3, 0.4) is 0 Å². The Morgan fingerprint density at radius 1 is 1.05 bits per heavy atom. The fourth-order valence-electron chi connectivity index (χ4n) is 2.21. The highest BCUT2D eigenvalue weighted by Crippen LogP contribution is 2.22. The number of rotatable bonds is 6. The molecular weight excluding hydrogens is 246 g/mol. The monoisotopic (exact) mass is 265 g/mol. The van der Waals surface area contributed by atoms with Crippen LogP contribution in [0.25, 0.3) is 0 Å². The third-order valence-corrected chi connectivity index (χ3v) is 3.38. The van der Waals surface area contributed by atoms with E-state index >= 15 is 0 Å². The Morgan fingerprint density at radius 2 is 1.75 bits per heavy atom. The van der Waals surface area contributed by atoms with Crippen LogP contribution in [0.2, 0.25) is 0 Å². The van der Waals surface area contributed by atoms with Crippen LogP contribution in [0.5, 0.6) is 5.75 Å². The second kappa shape index (κ2) is 7.35. The van der Waals surface area contributed by atoms with Gasteiger partial charge in [0.15, 0.2) is 0 Å². The number of benzene rings is 2. The van der Waals surface area contributed by atoms with Gasteiger partial charge in [-0.25, -0.2) is 0 Å². The summed E-state index contributed by atoms with van der Waals surface area (Å²) in [4.78, 5) is 0. The Kier molecular flexibility index (Phi) is 5.20. The molecule has 0 saturated heterocycles. The van der Waals surface area contributed by atoms with E-state index < -0.39 is 0 Å². The first-order valence-corrected chi connectivity index (χ1v) is 7.00. The Morgan fingerprint density at radius 3 is 2.45 bits per heavy atom. The normalized spacial score (nSPS) is 11.6. The standard InChI is InChI=1S/C18H19NO/c1-2-15-8-6-7-11-18(15)20-13-12-17(14-19)16-9-4-3-5-10-16/h3-11,17H,2,12-13H2,1H3. The molecule has 0 aliphatic rings. The van der Waals surface area contributed by atoms with Gasteiger partial charge in [-0.1, -0.05) is 55.5 Å². The molecule has 1 atom stereocenters. The highest BCUT2D eigenvalue weighted by Gasteiger charge is 2.10. The quantitative estimate of drug-likeness (QED) is 0.779. The summed E-state index contributed by atoms with van der Waals surface area (Å²) in [7, 11) is 0. The fraction of sp³-hybridized carbons (Fsp3) is 0.278. The van der Waals surface area contributed by atoms with Crippen molar-refractivity contribution in [2.75, 3.05) is 6.61 Å². The highest BCUT2D eigenvalue weighted by molar-refractivity contribution is 5.33. The van der Waals surface area contributed by atoms with Crippen molar-refractivity contribution < 1.29 is 4.74 Å². The lowest BCUT2D eigenvalue weighted by Crippen LogP contribution is -2.05. The van der Waals surface area contributed by atoms with Crippen molar-refractivity contribution >= 4 is 0 Å². The number of hydrogen-bond acceptors (Lipinski definition) is 2. The molecule has 0 aliphatic carbocycles. The number of aryl methyl sites for hydroxylation is 1. The number of nitriles is 1. The summed E-state index contributed by atoms with van der Waals surface area (Å²) >= 11 is 0. The van der Waals surface area contributed by atoms with Gasteiger partial charge in [-0.05, 0) is 23.6 Å². The minimum atomic E-state index is -0.106. The number of nitrogens with zero attached hydrogens (tertiary/aromatic N) is 1. The molecule has 2 rings (SSSR count). The Hall–Kier alpha value is -2.27. The Labute approximate surface area is 120 Å². The lowest BCUT2D eigenvalue weighted by molar-refractivity contribution is 0.303. The zero-order chi connectivity index (χ0) is 14.2. The van der Waals surface area contributed by atoms with Crippen molar-refractivity contribution in [2.45, 2.75) is 25.7 Å². The molecule has 0 bridgehead atoms. The molecule has 0 spiro atoms. The minimum Gasteiger partial charge on any atom is -0.493 e. The van der Waals surface area contributed by atoms with Crippen LogP contribution in [-0.4, -0.2) is 6.61 Å². The largest absolute Gasteiger partial charge is 0.493 e. The molecule has 2 heteroatoms. The molecule has 0 aliphatic heterocycles. The van der Waals surface area contributed by atoms with Gasteiger partial charge in [0, 0.05) is 6.42 Å². The highest BCUT2D eigenvalue weighted by atomic mass is 16.5. The van der Waals surface area contributed by atoms with Gasteiger partial charge in [0.05, 0.1) is 18.6 Å². The lowest BCUT2D eigenvalue weighted by Gasteiger charge is -2.13. The van der Waals surface area contributed by atoms with Crippen LogP contribution in [0, 0.1) is 11.3 Å². The van der Waals surface area contributed by atoms with Crippen molar-refractivity contribution in [1.29, 1.82) is 5.26 Å². The van der Waals surface area contributed by atoms with Gasteiger partial charge in [0.2, 0.25) is 0 Å². The van der Waals surface area contributed by atoms with Gasteiger partial charge in [-0.3, -0.25) is 0 Å². The van der Waals surface area contributed by atoms with Crippen molar-refractivity contribution in [3.63, 3.8) is 0 Å². The van der Waals surface area contributed by atoms with Gasteiger partial charge in [-0.15, -0.1) is 0 Å². The van der Waals surface area contributed by atoms with E-state index in [0.717, 1.165) is 17.7 Å². The van der Waals surface area contributed by atoms with Crippen LogP contribution in [-0.2, 0) is 6.42 Å². The van der Waals surface area contributed by atoms with Gasteiger partial charge >= 0.3 is 0 Å². The molecule has 2 aromatic carbocycles. The Balaban J connectivity index is 1.93. The summed E-state index contributed by atoms with van der Waals surface area (Å²) in [6.45, 7) is 2.67. The number of para-hydroxylation sites is 1. The predicted molar refractivity (Wildman–Crippen MR) is 80.7 cm³/mol. The molecule has 0 fully saturated rings. The molecule has 2 nitrogen and oxygen atoms in total. The smallest absolute Gasteiger partial charge is 0.122 e. The van der Waals surface area contributed by atoms with Gasteiger partial charge in [-0.2, -0.15) is 5.26 Å². The average molecular weight is 265 g/mol. The van der Waals surface area contributed by atoms with E-state index in [1.807, 2.05) is 48.5 Å². The molecule has 102 valence electrons. The first-order chi connectivity index (χ1) is 9.85. The van der Waals surface area contributed by atoms with E-state index in [1.165, 1.54) is 5.56 Å².